The van der Waals surface area contributed by atoms with Crippen molar-refractivity contribution in [3.05, 3.63) is 131 Å². The molecule has 0 amide bonds. The zero-order valence-electron chi connectivity index (χ0n) is 24.6. The summed E-state index contributed by atoms with van der Waals surface area (Å²) in [6, 6.07) is 28.6. The highest BCUT2D eigenvalue weighted by atomic mass is 32.2. The first kappa shape index (κ1) is 30.4. The standard InChI is InChI=1S/C36H35FO5S2/c1-23-12-16-26(17-13-23)43(39,40)35-22-30-31(20-29(35)25-8-4-3-5-9-25)36(44(41,42)27-18-14-24(2)15-19-27)32(21-34(30)38)28-10-6-7-11-33(28)37/h3-19,29-32,35-36H,20-22H2,1-2H3. The number of hydrogen-bond donors (Lipinski definition) is 0. The van der Waals surface area contributed by atoms with Crippen molar-refractivity contribution in [3.63, 3.8) is 0 Å². The quantitative estimate of drug-likeness (QED) is 0.229. The van der Waals surface area contributed by atoms with Crippen LogP contribution in [0.3, 0.4) is 0 Å². The van der Waals surface area contributed by atoms with Gasteiger partial charge in [0.1, 0.15) is 11.6 Å². The van der Waals surface area contributed by atoms with Crippen LogP contribution in [0.5, 0.6) is 0 Å². The second-order valence-electron chi connectivity index (χ2n) is 12.3. The van der Waals surface area contributed by atoms with Gasteiger partial charge in [-0.3, -0.25) is 4.79 Å². The molecule has 2 fully saturated rings. The molecule has 0 aliphatic heterocycles. The van der Waals surface area contributed by atoms with E-state index in [0.717, 1.165) is 16.7 Å². The van der Waals surface area contributed by atoms with Gasteiger partial charge in [-0.05, 0) is 74.1 Å². The largest absolute Gasteiger partial charge is 0.299 e. The molecule has 6 atom stereocenters. The molecule has 0 saturated heterocycles. The summed E-state index contributed by atoms with van der Waals surface area (Å²) < 4.78 is 73.0. The van der Waals surface area contributed by atoms with Gasteiger partial charge < -0.3 is 0 Å². The first-order chi connectivity index (χ1) is 21.0. The zero-order valence-corrected chi connectivity index (χ0v) is 26.3. The van der Waals surface area contributed by atoms with Crippen LogP contribution in [0.15, 0.2) is 113 Å². The second-order valence-corrected chi connectivity index (χ2v) is 16.5. The maximum Gasteiger partial charge on any atom is 0.182 e. The molecule has 8 heteroatoms. The number of aryl methyl sites for hydroxylation is 2. The fraction of sp³-hybridized carbons (Fsp3) is 0.306. The van der Waals surface area contributed by atoms with Gasteiger partial charge in [-0.2, -0.15) is 0 Å². The third kappa shape index (κ3) is 5.43. The summed E-state index contributed by atoms with van der Waals surface area (Å²) in [5.74, 6) is -3.74. The van der Waals surface area contributed by atoms with Gasteiger partial charge in [-0.1, -0.05) is 83.9 Å². The van der Waals surface area contributed by atoms with E-state index in [1.165, 1.54) is 6.07 Å². The molecule has 0 aromatic heterocycles. The highest BCUT2D eigenvalue weighted by Crippen LogP contribution is 2.54. The van der Waals surface area contributed by atoms with E-state index in [1.807, 2.05) is 44.2 Å². The van der Waals surface area contributed by atoms with Gasteiger partial charge in [-0.25, -0.2) is 21.2 Å². The van der Waals surface area contributed by atoms with E-state index in [-0.39, 0.29) is 40.4 Å². The molecule has 228 valence electrons. The lowest BCUT2D eigenvalue weighted by molar-refractivity contribution is -0.128. The number of sulfone groups is 2. The molecule has 0 bridgehead atoms. The third-order valence-corrected chi connectivity index (χ3v) is 14.2. The Hall–Kier alpha value is -3.62. The van der Waals surface area contributed by atoms with Crippen LogP contribution in [-0.4, -0.2) is 33.1 Å². The van der Waals surface area contributed by atoms with Crippen LogP contribution in [0.1, 0.15) is 53.4 Å². The molecular weight excluding hydrogens is 596 g/mol. The van der Waals surface area contributed by atoms with Crippen LogP contribution in [-0.2, 0) is 24.5 Å². The lowest BCUT2D eigenvalue weighted by atomic mass is 9.61. The Morgan fingerprint density at radius 2 is 1.16 bits per heavy atom. The number of Topliss-reactive ketones (excluding diaryl/α,β-unsaturated/α-hetero) is 1. The van der Waals surface area contributed by atoms with E-state index in [9.17, 15) is 21.6 Å². The number of carbonyl (C=O) groups excluding carboxylic acids is 1. The molecule has 6 unspecified atom stereocenters. The number of carbonyl (C=O) groups is 1. The molecule has 0 heterocycles. The van der Waals surface area contributed by atoms with Crippen molar-refractivity contribution in [2.45, 2.75) is 65.2 Å². The van der Waals surface area contributed by atoms with Crippen LogP contribution in [0, 0.1) is 31.5 Å². The van der Waals surface area contributed by atoms with Gasteiger partial charge in [0.15, 0.2) is 19.7 Å². The summed E-state index contributed by atoms with van der Waals surface area (Å²) in [7, 11) is -7.96. The first-order valence-corrected chi connectivity index (χ1v) is 18.0. The van der Waals surface area contributed by atoms with Crippen LogP contribution in [0.2, 0.25) is 0 Å². The summed E-state index contributed by atoms with van der Waals surface area (Å²) in [5, 5.41) is -2.04. The van der Waals surface area contributed by atoms with E-state index in [1.54, 1.807) is 66.7 Å². The molecule has 2 saturated carbocycles. The van der Waals surface area contributed by atoms with Crippen LogP contribution < -0.4 is 0 Å². The molecule has 0 radical (unpaired) electrons. The average Bonchev–Trinajstić information content (AvgIpc) is 3.01. The molecular formula is C36H35FO5S2. The Bertz CT molecular complexity index is 1890. The van der Waals surface area contributed by atoms with Gasteiger partial charge >= 0.3 is 0 Å². The summed E-state index contributed by atoms with van der Waals surface area (Å²) in [4.78, 5) is 14.3. The fourth-order valence-corrected chi connectivity index (χ4v) is 11.7. The number of rotatable bonds is 6. The molecule has 44 heavy (non-hydrogen) atoms. The molecule has 2 aliphatic carbocycles. The number of hydrogen-bond acceptors (Lipinski definition) is 5. The summed E-state index contributed by atoms with van der Waals surface area (Å²) in [5.41, 5.74) is 2.81. The topological polar surface area (TPSA) is 85.3 Å². The minimum absolute atomic E-state index is 0.00316. The van der Waals surface area contributed by atoms with Gasteiger partial charge in [0, 0.05) is 24.2 Å². The SMILES string of the molecule is Cc1ccc(S(=O)(=O)C2CC3C(=O)CC(c4ccccc4F)C(S(=O)(=O)c4ccc(C)cc4)C3CC2c2ccccc2)cc1. The second kappa shape index (κ2) is 11.7. The van der Waals surface area contributed by atoms with Crippen molar-refractivity contribution < 1.29 is 26.0 Å². The van der Waals surface area contributed by atoms with E-state index >= 15 is 4.39 Å². The molecule has 0 N–H and O–H groups in total. The van der Waals surface area contributed by atoms with E-state index in [4.69, 9.17) is 0 Å². The van der Waals surface area contributed by atoms with Crippen LogP contribution in [0.25, 0.3) is 0 Å². The van der Waals surface area contributed by atoms with Gasteiger partial charge in [0.05, 0.1) is 20.3 Å². The Balaban J connectivity index is 1.51. The summed E-state index contributed by atoms with van der Waals surface area (Å²) in [6.45, 7) is 3.75. The van der Waals surface area contributed by atoms with Gasteiger partial charge in [-0.15, -0.1) is 0 Å². The van der Waals surface area contributed by atoms with Crippen molar-refractivity contribution in [1.82, 2.24) is 0 Å². The third-order valence-electron chi connectivity index (χ3n) is 9.62. The highest BCUT2D eigenvalue weighted by molar-refractivity contribution is 7.92. The van der Waals surface area contributed by atoms with Crippen molar-refractivity contribution in [1.29, 1.82) is 0 Å². The predicted octanol–water partition coefficient (Wildman–Crippen LogP) is 6.99. The number of benzene rings is 4. The average molecular weight is 631 g/mol. The maximum absolute atomic E-state index is 15.3. The maximum atomic E-state index is 15.3. The lowest BCUT2D eigenvalue weighted by Crippen LogP contribution is -2.53. The van der Waals surface area contributed by atoms with Crippen molar-refractivity contribution in [2.75, 3.05) is 0 Å². The smallest absolute Gasteiger partial charge is 0.182 e. The molecule has 0 spiro atoms. The number of ketones is 1. The van der Waals surface area contributed by atoms with E-state index in [2.05, 4.69) is 0 Å². The first-order valence-electron chi connectivity index (χ1n) is 14.9. The van der Waals surface area contributed by atoms with E-state index < -0.39 is 59.7 Å². The minimum Gasteiger partial charge on any atom is -0.299 e. The molecule has 6 rings (SSSR count). The lowest BCUT2D eigenvalue weighted by Gasteiger charge is -2.48. The summed E-state index contributed by atoms with van der Waals surface area (Å²) in [6.07, 6.45) is -0.00870. The Labute approximate surface area is 259 Å². The minimum atomic E-state index is -4.07. The molecule has 4 aromatic carbocycles. The number of halogens is 1. The predicted molar refractivity (Wildman–Crippen MR) is 168 cm³/mol. The number of fused-ring (bicyclic) bond motifs is 1. The molecule has 5 nitrogen and oxygen atoms in total. The van der Waals surface area contributed by atoms with E-state index in [0.29, 0.717) is 0 Å². The Kier molecular flexibility index (Phi) is 8.09. The zero-order chi connectivity index (χ0) is 31.2. The molecule has 2 aliphatic rings. The summed E-state index contributed by atoms with van der Waals surface area (Å²) >= 11 is 0. The Morgan fingerprint density at radius 1 is 0.614 bits per heavy atom. The van der Waals surface area contributed by atoms with Crippen molar-refractivity contribution in [3.8, 4) is 0 Å². The van der Waals surface area contributed by atoms with Gasteiger partial charge in [0.2, 0.25) is 0 Å². The highest BCUT2D eigenvalue weighted by Gasteiger charge is 2.56. The Morgan fingerprint density at radius 3 is 1.75 bits per heavy atom. The van der Waals surface area contributed by atoms with Gasteiger partial charge in [0.25, 0.3) is 0 Å². The van der Waals surface area contributed by atoms with Crippen LogP contribution >= 0.6 is 0 Å². The van der Waals surface area contributed by atoms with Crippen molar-refractivity contribution >= 4 is 25.5 Å². The normalized spacial score (nSPS) is 25.8. The van der Waals surface area contributed by atoms with Crippen LogP contribution in [0.4, 0.5) is 4.39 Å². The van der Waals surface area contributed by atoms with Crippen molar-refractivity contribution in [2.24, 2.45) is 11.8 Å². The monoisotopic (exact) mass is 630 g/mol. The fourth-order valence-electron chi connectivity index (χ4n) is 7.41. The molecule has 4 aromatic rings.